The fourth-order valence-electron chi connectivity index (χ4n) is 3.80. The summed E-state index contributed by atoms with van der Waals surface area (Å²) in [5.74, 6) is 0.819. The van der Waals surface area contributed by atoms with Crippen LogP contribution in [0, 0.1) is 5.92 Å². The summed E-state index contributed by atoms with van der Waals surface area (Å²) in [7, 11) is 0. The van der Waals surface area contributed by atoms with Gasteiger partial charge in [0.25, 0.3) is 11.5 Å². The number of carbonyl (C=O) groups is 1. The Bertz CT molecular complexity index is 972. The maximum absolute atomic E-state index is 12.8. The van der Waals surface area contributed by atoms with Crippen molar-refractivity contribution in [1.29, 1.82) is 0 Å². The third kappa shape index (κ3) is 4.15. The zero-order valence-electron chi connectivity index (χ0n) is 16.1. The summed E-state index contributed by atoms with van der Waals surface area (Å²) >= 11 is 0. The number of benzene rings is 1. The summed E-state index contributed by atoms with van der Waals surface area (Å²) in [5, 5.41) is 4.04. The second-order valence-corrected chi connectivity index (χ2v) is 7.66. The Morgan fingerprint density at radius 1 is 1.18 bits per heavy atom. The fraction of sp³-hybridized carbons (Fsp3) is 0.550. The maximum atomic E-state index is 12.8. The van der Waals surface area contributed by atoms with Crippen LogP contribution in [0.2, 0.25) is 0 Å². The summed E-state index contributed by atoms with van der Waals surface area (Å²) in [6, 6.07) is 5.44. The Morgan fingerprint density at radius 2 is 1.89 bits per heavy atom. The van der Waals surface area contributed by atoms with E-state index in [0.717, 1.165) is 43.0 Å². The number of likely N-dealkylation sites (tertiary alicyclic amines) is 1. The quantitative estimate of drug-likeness (QED) is 0.791. The average molecular weight is 407 g/mol. The zero-order chi connectivity index (χ0) is 19.0. The normalized spacial score (nSPS) is 17.5. The number of aromatic amines is 1. The van der Waals surface area contributed by atoms with Gasteiger partial charge in [-0.15, -0.1) is 12.4 Å². The Kier molecular flexibility index (Phi) is 6.25. The van der Waals surface area contributed by atoms with Crippen LogP contribution < -0.4 is 16.6 Å². The molecule has 1 saturated carbocycles. The number of hydrogen-bond donors (Lipinski definition) is 2. The molecule has 7 nitrogen and oxygen atoms in total. The summed E-state index contributed by atoms with van der Waals surface area (Å²) in [6.07, 6.45) is 4.61. The average Bonchev–Trinajstić information content (AvgIpc) is 3.50. The van der Waals surface area contributed by atoms with Crippen LogP contribution in [0.25, 0.3) is 10.9 Å². The van der Waals surface area contributed by atoms with Gasteiger partial charge in [0.05, 0.1) is 10.9 Å². The lowest BCUT2D eigenvalue weighted by atomic mass is 10.0. The first kappa shape index (κ1) is 20.6. The van der Waals surface area contributed by atoms with Crippen molar-refractivity contribution in [3.63, 3.8) is 0 Å². The van der Waals surface area contributed by atoms with Gasteiger partial charge in [0.1, 0.15) is 0 Å². The van der Waals surface area contributed by atoms with E-state index in [1.807, 2.05) is 4.90 Å². The lowest BCUT2D eigenvalue weighted by Crippen LogP contribution is -2.45. The molecule has 0 radical (unpaired) electrons. The smallest absolute Gasteiger partial charge is 0.328 e. The van der Waals surface area contributed by atoms with Crippen molar-refractivity contribution in [3.8, 4) is 0 Å². The number of nitrogens with one attached hydrogen (secondary N) is 2. The molecule has 0 spiro atoms. The molecule has 2 N–H and O–H groups in total. The van der Waals surface area contributed by atoms with E-state index in [2.05, 4.69) is 10.3 Å². The van der Waals surface area contributed by atoms with E-state index in [0.29, 0.717) is 29.1 Å². The first-order chi connectivity index (χ1) is 13.1. The maximum Gasteiger partial charge on any atom is 0.328 e. The third-order valence-electron chi connectivity index (χ3n) is 5.72. The van der Waals surface area contributed by atoms with Gasteiger partial charge in [-0.3, -0.25) is 14.2 Å². The largest absolute Gasteiger partial charge is 0.339 e. The molecule has 152 valence electrons. The lowest BCUT2D eigenvalue weighted by Gasteiger charge is -2.32. The van der Waals surface area contributed by atoms with Crippen LogP contribution in [0.4, 0.5) is 0 Å². The number of amides is 1. The number of aromatic nitrogens is 2. The Labute approximate surface area is 169 Å². The molecule has 0 bridgehead atoms. The Balaban J connectivity index is 0.00000225. The topological polar surface area (TPSA) is 87.2 Å². The van der Waals surface area contributed by atoms with Crippen LogP contribution in [-0.4, -0.2) is 46.0 Å². The number of H-pyrrole nitrogens is 1. The molecule has 1 aliphatic heterocycles. The number of nitrogens with zero attached hydrogens (tertiary/aromatic N) is 2. The van der Waals surface area contributed by atoms with Crippen LogP contribution in [0.1, 0.15) is 43.0 Å². The van der Waals surface area contributed by atoms with Gasteiger partial charge >= 0.3 is 5.69 Å². The standard InChI is InChI=1S/C20H26N4O3.ClH/c1-2-24-19(26)16-6-5-14(11-17(16)22-20(24)27)18(25)23-9-7-15(8-10-23)21-12-13-3-4-13;/h5-6,11,13,15,21H,2-4,7-10,12H2,1H3,(H,22,27);1H. The minimum Gasteiger partial charge on any atom is -0.339 e. The highest BCUT2D eigenvalue weighted by Gasteiger charge is 2.26. The molecular formula is C20H27ClN4O3. The molecule has 2 fully saturated rings. The number of hydrogen-bond acceptors (Lipinski definition) is 4. The van der Waals surface area contributed by atoms with E-state index in [1.165, 1.54) is 12.8 Å². The number of fused-ring (bicyclic) bond motifs is 1. The predicted octanol–water partition coefficient (Wildman–Crippen LogP) is 1.74. The van der Waals surface area contributed by atoms with Gasteiger partial charge in [0, 0.05) is 31.2 Å². The Hall–Kier alpha value is -2.12. The molecule has 1 amide bonds. The van der Waals surface area contributed by atoms with Crippen molar-refractivity contribution < 1.29 is 4.79 Å². The molecule has 28 heavy (non-hydrogen) atoms. The van der Waals surface area contributed by atoms with Crippen LogP contribution in [-0.2, 0) is 6.54 Å². The highest BCUT2D eigenvalue weighted by atomic mass is 35.5. The van der Waals surface area contributed by atoms with Crippen molar-refractivity contribution in [2.75, 3.05) is 19.6 Å². The van der Waals surface area contributed by atoms with E-state index >= 15 is 0 Å². The van der Waals surface area contributed by atoms with Gasteiger partial charge in [-0.1, -0.05) is 0 Å². The van der Waals surface area contributed by atoms with E-state index in [-0.39, 0.29) is 23.9 Å². The molecule has 2 heterocycles. The van der Waals surface area contributed by atoms with Crippen molar-refractivity contribution in [2.24, 2.45) is 5.92 Å². The van der Waals surface area contributed by atoms with Crippen LogP contribution >= 0.6 is 12.4 Å². The molecule has 1 aromatic heterocycles. The zero-order valence-corrected chi connectivity index (χ0v) is 16.9. The van der Waals surface area contributed by atoms with Gasteiger partial charge in [-0.05, 0) is 63.3 Å². The van der Waals surface area contributed by atoms with E-state index in [4.69, 9.17) is 0 Å². The first-order valence-electron chi connectivity index (χ1n) is 9.86. The lowest BCUT2D eigenvalue weighted by molar-refractivity contribution is 0.0705. The molecule has 0 atom stereocenters. The summed E-state index contributed by atoms with van der Waals surface area (Å²) in [6.45, 7) is 4.63. The van der Waals surface area contributed by atoms with Crippen LogP contribution in [0.3, 0.4) is 0 Å². The van der Waals surface area contributed by atoms with Gasteiger partial charge in [0.15, 0.2) is 0 Å². The number of rotatable bonds is 5. The molecular weight excluding hydrogens is 380 g/mol. The van der Waals surface area contributed by atoms with Gasteiger partial charge in [-0.2, -0.15) is 0 Å². The van der Waals surface area contributed by atoms with Crippen molar-refractivity contribution >= 4 is 29.2 Å². The van der Waals surface area contributed by atoms with Gasteiger partial charge < -0.3 is 15.2 Å². The second kappa shape index (κ2) is 8.49. The first-order valence-corrected chi connectivity index (χ1v) is 9.86. The second-order valence-electron chi connectivity index (χ2n) is 7.66. The van der Waals surface area contributed by atoms with Crippen LogP contribution in [0.15, 0.2) is 27.8 Å². The monoisotopic (exact) mass is 406 g/mol. The molecule has 0 unspecified atom stereocenters. The van der Waals surface area contributed by atoms with Crippen molar-refractivity contribution in [3.05, 3.63) is 44.6 Å². The molecule has 2 aromatic rings. The minimum atomic E-state index is -0.442. The van der Waals surface area contributed by atoms with Gasteiger partial charge in [-0.25, -0.2) is 4.79 Å². The highest BCUT2D eigenvalue weighted by molar-refractivity contribution is 5.97. The van der Waals surface area contributed by atoms with Crippen molar-refractivity contribution in [2.45, 2.75) is 45.2 Å². The minimum absolute atomic E-state index is 0. The van der Waals surface area contributed by atoms with E-state index in [9.17, 15) is 14.4 Å². The number of carbonyl (C=O) groups excluding carboxylic acids is 1. The van der Waals surface area contributed by atoms with Gasteiger partial charge in [0.2, 0.25) is 0 Å². The summed E-state index contributed by atoms with van der Waals surface area (Å²) < 4.78 is 1.16. The Morgan fingerprint density at radius 3 is 2.54 bits per heavy atom. The molecule has 1 saturated heterocycles. The molecule has 1 aliphatic carbocycles. The molecule has 8 heteroatoms. The third-order valence-corrected chi connectivity index (χ3v) is 5.72. The molecule has 4 rings (SSSR count). The SMILES string of the molecule is CCn1c(=O)[nH]c2cc(C(=O)N3CCC(NCC4CC4)CC3)ccc2c1=O.Cl. The molecule has 2 aliphatic rings. The fourth-order valence-corrected chi connectivity index (χ4v) is 3.80. The number of halogens is 1. The van der Waals surface area contributed by atoms with E-state index in [1.54, 1.807) is 25.1 Å². The summed E-state index contributed by atoms with van der Waals surface area (Å²) in [4.78, 5) is 41.8. The summed E-state index contributed by atoms with van der Waals surface area (Å²) in [5.41, 5.74) is 0.165. The highest BCUT2D eigenvalue weighted by Crippen LogP contribution is 2.28. The molecule has 1 aromatic carbocycles. The van der Waals surface area contributed by atoms with E-state index < -0.39 is 5.69 Å². The van der Waals surface area contributed by atoms with Crippen molar-refractivity contribution in [1.82, 2.24) is 19.8 Å². The number of piperidine rings is 1. The van der Waals surface area contributed by atoms with Crippen LogP contribution in [0.5, 0.6) is 0 Å². The predicted molar refractivity (Wildman–Crippen MR) is 111 cm³/mol.